The lowest BCUT2D eigenvalue weighted by Crippen LogP contribution is -2.22. The van der Waals surface area contributed by atoms with E-state index in [1.807, 2.05) is 12.1 Å². The maximum Gasteiger partial charge on any atom is 0.303 e. The van der Waals surface area contributed by atoms with Crippen molar-refractivity contribution in [2.24, 2.45) is 0 Å². The zero-order valence-corrected chi connectivity index (χ0v) is 14.4. The van der Waals surface area contributed by atoms with Crippen LogP contribution in [0.3, 0.4) is 0 Å². The third-order valence-electron chi connectivity index (χ3n) is 3.75. The van der Waals surface area contributed by atoms with E-state index in [-0.39, 0.29) is 24.8 Å². The number of unbranched alkanes of at least 4 members (excludes halogenated alkanes) is 1. The summed E-state index contributed by atoms with van der Waals surface area (Å²) in [6, 6.07) is 13.6. The zero-order chi connectivity index (χ0) is 18.8. The second-order valence-electron chi connectivity index (χ2n) is 5.94. The lowest BCUT2D eigenvalue weighted by atomic mass is 10.1. The molecule has 2 N–H and O–H groups in total. The van der Waals surface area contributed by atoms with Crippen LogP contribution < -0.4 is 10.1 Å². The summed E-state index contributed by atoms with van der Waals surface area (Å²) in [6.07, 6.45) is 1.47. The summed E-state index contributed by atoms with van der Waals surface area (Å²) in [5.41, 5.74) is 1.69. The van der Waals surface area contributed by atoms with Gasteiger partial charge >= 0.3 is 5.97 Å². The number of hydrogen-bond donors (Lipinski definition) is 2. The molecule has 5 nitrogen and oxygen atoms in total. The summed E-state index contributed by atoms with van der Waals surface area (Å²) in [7, 11) is 0. The molecule has 1 amide bonds. The van der Waals surface area contributed by atoms with Gasteiger partial charge in [-0.15, -0.1) is 0 Å². The molecule has 0 unspecified atom stereocenters. The third-order valence-corrected chi connectivity index (χ3v) is 3.75. The molecule has 0 aromatic heterocycles. The molecule has 0 aliphatic carbocycles. The van der Waals surface area contributed by atoms with E-state index in [1.54, 1.807) is 24.3 Å². The summed E-state index contributed by atoms with van der Waals surface area (Å²) in [5.74, 6) is -0.565. The molecule has 0 saturated heterocycles. The van der Waals surface area contributed by atoms with E-state index >= 15 is 0 Å². The SMILES string of the molecule is O=C(O)CCCCC(=O)NCc1ccc(OCc2cccc(F)c2)cc1. The van der Waals surface area contributed by atoms with Crippen molar-refractivity contribution >= 4 is 11.9 Å². The molecule has 0 heterocycles. The van der Waals surface area contributed by atoms with Gasteiger partial charge in [-0.2, -0.15) is 0 Å². The van der Waals surface area contributed by atoms with Crippen LogP contribution in [0, 0.1) is 5.82 Å². The second-order valence-corrected chi connectivity index (χ2v) is 5.94. The lowest BCUT2D eigenvalue weighted by molar-refractivity contribution is -0.137. The molecule has 26 heavy (non-hydrogen) atoms. The monoisotopic (exact) mass is 359 g/mol. The van der Waals surface area contributed by atoms with Gasteiger partial charge in [0.25, 0.3) is 0 Å². The highest BCUT2D eigenvalue weighted by Crippen LogP contribution is 2.15. The molecule has 138 valence electrons. The summed E-state index contributed by atoms with van der Waals surface area (Å²) < 4.78 is 18.7. The molecule has 6 heteroatoms. The predicted octanol–water partition coefficient (Wildman–Crippen LogP) is 3.67. The van der Waals surface area contributed by atoms with E-state index in [0.717, 1.165) is 11.1 Å². The Labute approximate surface area is 151 Å². The predicted molar refractivity (Wildman–Crippen MR) is 95.1 cm³/mol. The van der Waals surface area contributed by atoms with Crippen LogP contribution in [0.15, 0.2) is 48.5 Å². The van der Waals surface area contributed by atoms with Gasteiger partial charge in [-0.25, -0.2) is 4.39 Å². The largest absolute Gasteiger partial charge is 0.489 e. The maximum atomic E-state index is 13.1. The first-order valence-electron chi connectivity index (χ1n) is 8.47. The van der Waals surface area contributed by atoms with Gasteiger partial charge in [0.05, 0.1) is 0 Å². The molecule has 0 spiro atoms. The van der Waals surface area contributed by atoms with Crippen LogP contribution in [0.25, 0.3) is 0 Å². The highest BCUT2D eigenvalue weighted by Gasteiger charge is 2.04. The summed E-state index contributed by atoms with van der Waals surface area (Å²) in [5, 5.41) is 11.3. The van der Waals surface area contributed by atoms with E-state index < -0.39 is 5.97 Å². The van der Waals surface area contributed by atoms with Gasteiger partial charge in [0.15, 0.2) is 0 Å². The average molecular weight is 359 g/mol. The Bertz CT molecular complexity index is 731. The first-order valence-corrected chi connectivity index (χ1v) is 8.47. The van der Waals surface area contributed by atoms with Crippen molar-refractivity contribution in [3.8, 4) is 5.75 Å². The van der Waals surface area contributed by atoms with Crippen molar-refractivity contribution in [1.29, 1.82) is 0 Å². The fourth-order valence-corrected chi connectivity index (χ4v) is 2.35. The number of carbonyl (C=O) groups excluding carboxylic acids is 1. The average Bonchev–Trinajstić information content (AvgIpc) is 2.62. The van der Waals surface area contributed by atoms with Crippen LogP contribution in [0.1, 0.15) is 36.8 Å². The number of hydrogen-bond acceptors (Lipinski definition) is 3. The smallest absolute Gasteiger partial charge is 0.303 e. The Kier molecular flexibility index (Phi) is 7.61. The maximum absolute atomic E-state index is 13.1. The van der Waals surface area contributed by atoms with E-state index in [0.29, 0.717) is 31.6 Å². The van der Waals surface area contributed by atoms with Crippen molar-refractivity contribution in [2.75, 3.05) is 0 Å². The molecule has 0 radical (unpaired) electrons. The quantitative estimate of drug-likeness (QED) is 0.635. The van der Waals surface area contributed by atoms with Gasteiger partial charge in [-0.1, -0.05) is 24.3 Å². The number of carboxylic acids is 1. The van der Waals surface area contributed by atoms with Gasteiger partial charge < -0.3 is 15.2 Å². The van der Waals surface area contributed by atoms with Gasteiger partial charge in [-0.3, -0.25) is 9.59 Å². The molecule has 0 bridgehead atoms. The molecular weight excluding hydrogens is 337 g/mol. The normalized spacial score (nSPS) is 10.3. The number of carboxylic acid groups (broad SMARTS) is 1. The minimum atomic E-state index is -0.842. The number of rotatable bonds is 10. The minimum absolute atomic E-state index is 0.0877. The molecule has 0 aliphatic heterocycles. The number of benzene rings is 2. The first kappa shape index (κ1) is 19.4. The van der Waals surface area contributed by atoms with Crippen LogP contribution in [0.2, 0.25) is 0 Å². The Morgan fingerprint density at radius 3 is 2.42 bits per heavy atom. The van der Waals surface area contributed by atoms with Crippen LogP contribution in [-0.2, 0) is 22.7 Å². The molecule has 0 saturated carbocycles. The molecular formula is C20H22FNO4. The number of carbonyl (C=O) groups is 2. The van der Waals surface area contributed by atoms with Crippen LogP contribution in [-0.4, -0.2) is 17.0 Å². The fraction of sp³-hybridized carbons (Fsp3) is 0.300. The standard InChI is InChI=1S/C20H22FNO4/c21-17-5-3-4-16(12-17)14-26-18-10-8-15(9-11-18)13-22-19(23)6-1-2-7-20(24)25/h3-5,8-12H,1-2,6-7,13-14H2,(H,22,23)(H,24,25). The molecule has 2 aromatic carbocycles. The van der Waals surface area contributed by atoms with E-state index in [2.05, 4.69) is 5.32 Å². The third kappa shape index (κ3) is 7.34. The Balaban J connectivity index is 1.70. The minimum Gasteiger partial charge on any atom is -0.489 e. The Morgan fingerprint density at radius 2 is 1.73 bits per heavy atom. The van der Waals surface area contributed by atoms with Crippen LogP contribution in [0.5, 0.6) is 5.75 Å². The van der Waals surface area contributed by atoms with Crippen molar-refractivity contribution in [3.05, 3.63) is 65.5 Å². The molecule has 0 aliphatic rings. The van der Waals surface area contributed by atoms with Crippen LogP contribution in [0.4, 0.5) is 4.39 Å². The van der Waals surface area contributed by atoms with E-state index in [1.165, 1.54) is 12.1 Å². The van der Waals surface area contributed by atoms with Crippen LogP contribution >= 0.6 is 0 Å². The van der Waals surface area contributed by atoms with Gasteiger partial charge in [0, 0.05) is 19.4 Å². The molecule has 0 fully saturated rings. The van der Waals surface area contributed by atoms with Crippen molar-refractivity contribution in [1.82, 2.24) is 5.32 Å². The lowest BCUT2D eigenvalue weighted by Gasteiger charge is -2.08. The first-order chi connectivity index (χ1) is 12.5. The Hall–Kier alpha value is -2.89. The number of amides is 1. The number of aliphatic carboxylic acids is 1. The second kappa shape index (κ2) is 10.2. The highest BCUT2D eigenvalue weighted by atomic mass is 19.1. The zero-order valence-electron chi connectivity index (χ0n) is 14.4. The highest BCUT2D eigenvalue weighted by molar-refractivity contribution is 5.75. The fourth-order valence-electron chi connectivity index (χ4n) is 2.35. The summed E-state index contributed by atoms with van der Waals surface area (Å²) in [4.78, 5) is 22.1. The van der Waals surface area contributed by atoms with Gasteiger partial charge in [0.1, 0.15) is 18.2 Å². The molecule has 2 rings (SSSR count). The summed E-state index contributed by atoms with van der Waals surface area (Å²) in [6.45, 7) is 0.687. The topological polar surface area (TPSA) is 75.6 Å². The Morgan fingerprint density at radius 1 is 1.00 bits per heavy atom. The van der Waals surface area contributed by atoms with E-state index in [9.17, 15) is 14.0 Å². The van der Waals surface area contributed by atoms with Crippen molar-refractivity contribution in [2.45, 2.75) is 38.8 Å². The van der Waals surface area contributed by atoms with Gasteiger partial charge in [-0.05, 0) is 48.2 Å². The van der Waals surface area contributed by atoms with E-state index in [4.69, 9.17) is 9.84 Å². The number of halogens is 1. The van der Waals surface area contributed by atoms with Crippen molar-refractivity contribution in [3.63, 3.8) is 0 Å². The van der Waals surface area contributed by atoms with Gasteiger partial charge in [0.2, 0.25) is 5.91 Å². The molecule has 0 atom stereocenters. The van der Waals surface area contributed by atoms with Crippen molar-refractivity contribution < 1.29 is 23.8 Å². The number of nitrogens with one attached hydrogen (secondary N) is 1. The number of ether oxygens (including phenoxy) is 1. The molecule has 2 aromatic rings. The summed E-state index contributed by atoms with van der Waals surface area (Å²) >= 11 is 0.